The normalized spacial score (nSPS) is 23.2. The van der Waals surface area contributed by atoms with Crippen molar-refractivity contribution >= 4 is 17.5 Å². The molecule has 0 aromatic heterocycles. The molecule has 7 heteroatoms. The molecule has 1 aromatic carbocycles. The Balaban J connectivity index is 1.25. The summed E-state index contributed by atoms with van der Waals surface area (Å²) in [5, 5.41) is 0. The van der Waals surface area contributed by atoms with Crippen molar-refractivity contribution in [1.82, 2.24) is 14.7 Å². The zero-order chi connectivity index (χ0) is 20.4. The quantitative estimate of drug-likeness (QED) is 0.746. The summed E-state index contributed by atoms with van der Waals surface area (Å²) in [6, 6.07) is 8.49. The number of carbonyl (C=O) groups is 2. The van der Waals surface area contributed by atoms with Gasteiger partial charge in [0.1, 0.15) is 5.75 Å². The van der Waals surface area contributed by atoms with Crippen LogP contribution in [-0.4, -0.2) is 92.0 Å². The highest BCUT2D eigenvalue weighted by Gasteiger charge is 2.35. The minimum Gasteiger partial charge on any atom is -0.497 e. The number of anilines is 1. The van der Waals surface area contributed by atoms with Crippen molar-refractivity contribution in [3.05, 3.63) is 24.3 Å². The number of nitrogens with zero attached hydrogens (tertiary/aromatic N) is 4. The maximum absolute atomic E-state index is 12.8. The van der Waals surface area contributed by atoms with Gasteiger partial charge in [0.05, 0.1) is 13.7 Å². The molecule has 0 radical (unpaired) electrons. The predicted molar refractivity (Wildman–Crippen MR) is 112 cm³/mol. The van der Waals surface area contributed by atoms with Crippen LogP contribution in [0.25, 0.3) is 0 Å². The Morgan fingerprint density at radius 3 is 2.41 bits per heavy atom. The van der Waals surface area contributed by atoms with Gasteiger partial charge in [0.25, 0.3) is 0 Å². The Bertz CT molecular complexity index is 743. The molecule has 4 rings (SSSR count). The summed E-state index contributed by atoms with van der Waals surface area (Å²) in [4.78, 5) is 33.5. The summed E-state index contributed by atoms with van der Waals surface area (Å²) in [6.07, 6.45) is 2.08. The first-order valence-corrected chi connectivity index (χ1v) is 10.7. The molecule has 1 unspecified atom stereocenters. The van der Waals surface area contributed by atoms with E-state index in [0.29, 0.717) is 44.7 Å². The van der Waals surface area contributed by atoms with Gasteiger partial charge in [0.15, 0.2) is 0 Å². The van der Waals surface area contributed by atoms with Gasteiger partial charge in [-0.05, 0) is 31.9 Å². The van der Waals surface area contributed by atoms with E-state index in [1.165, 1.54) is 5.69 Å². The SMILES string of the molecule is COc1cccc(N2CCN(CC(=O)N3CCN(C(=O)C4CC4)CC3)CC2C)c1. The first-order valence-electron chi connectivity index (χ1n) is 10.7. The van der Waals surface area contributed by atoms with E-state index in [2.05, 4.69) is 28.9 Å². The number of carbonyl (C=O) groups excluding carboxylic acids is 2. The zero-order valence-electron chi connectivity index (χ0n) is 17.5. The molecule has 158 valence electrons. The van der Waals surface area contributed by atoms with Crippen LogP contribution >= 0.6 is 0 Å². The summed E-state index contributed by atoms with van der Waals surface area (Å²) < 4.78 is 5.35. The van der Waals surface area contributed by atoms with Crippen LogP contribution < -0.4 is 9.64 Å². The first-order chi connectivity index (χ1) is 14.0. The number of piperazine rings is 2. The highest BCUT2D eigenvalue weighted by molar-refractivity contribution is 5.82. The fraction of sp³-hybridized carbons (Fsp3) is 0.636. The van der Waals surface area contributed by atoms with Crippen molar-refractivity contribution in [2.45, 2.75) is 25.8 Å². The number of benzene rings is 1. The fourth-order valence-corrected chi connectivity index (χ4v) is 4.41. The highest BCUT2D eigenvalue weighted by Crippen LogP contribution is 2.31. The van der Waals surface area contributed by atoms with Crippen LogP contribution in [0.2, 0.25) is 0 Å². The van der Waals surface area contributed by atoms with Crippen molar-refractivity contribution in [3.63, 3.8) is 0 Å². The van der Waals surface area contributed by atoms with Crippen LogP contribution in [0.5, 0.6) is 5.75 Å². The Labute approximate surface area is 173 Å². The standard InChI is InChI=1S/C22H32N4O3/c1-17-15-23(8-13-26(17)19-4-3-5-20(14-19)29-2)16-21(27)24-9-11-25(12-10-24)22(28)18-6-7-18/h3-5,14,17-18H,6-13,15-16H2,1-2H3. The Morgan fingerprint density at radius 2 is 1.76 bits per heavy atom. The number of methoxy groups -OCH3 is 1. The van der Waals surface area contributed by atoms with Crippen LogP contribution in [0.3, 0.4) is 0 Å². The lowest BCUT2D eigenvalue weighted by Gasteiger charge is -2.42. The van der Waals surface area contributed by atoms with Gasteiger partial charge in [0.2, 0.25) is 11.8 Å². The molecule has 2 saturated heterocycles. The minimum atomic E-state index is 0.186. The van der Waals surface area contributed by atoms with Gasteiger partial charge in [-0.3, -0.25) is 14.5 Å². The molecule has 29 heavy (non-hydrogen) atoms. The van der Waals surface area contributed by atoms with Crippen molar-refractivity contribution in [3.8, 4) is 5.75 Å². The van der Waals surface area contributed by atoms with E-state index in [4.69, 9.17) is 4.74 Å². The molecule has 3 fully saturated rings. The van der Waals surface area contributed by atoms with Gasteiger partial charge in [-0.2, -0.15) is 0 Å². The van der Waals surface area contributed by atoms with E-state index in [1.54, 1.807) is 7.11 Å². The molecule has 2 aliphatic heterocycles. The lowest BCUT2D eigenvalue weighted by Crippen LogP contribution is -2.56. The third-order valence-electron chi connectivity index (χ3n) is 6.33. The summed E-state index contributed by atoms with van der Waals surface area (Å²) in [7, 11) is 1.69. The van der Waals surface area contributed by atoms with Gasteiger partial charge >= 0.3 is 0 Å². The second-order valence-corrected chi connectivity index (χ2v) is 8.46. The van der Waals surface area contributed by atoms with Crippen LogP contribution in [0.4, 0.5) is 5.69 Å². The number of rotatable bonds is 5. The van der Waals surface area contributed by atoms with Crippen LogP contribution in [0, 0.1) is 5.92 Å². The van der Waals surface area contributed by atoms with Gasteiger partial charge < -0.3 is 19.4 Å². The fourth-order valence-electron chi connectivity index (χ4n) is 4.41. The van der Waals surface area contributed by atoms with E-state index in [9.17, 15) is 9.59 Å². The Morgan fingerprint density at radius 1 is 1.03 bits per heavy atom. The average Bonchev–Trinajstić information content (AvgIpc) is 3.59. The highest BCUT2D eigenvalue weighted by atomic mass is 16.5. The second-order valence-electron chi connectivity index (χ2n) is 8.46. The molecule has 7 nitrogen and oxygen atoms in total. The third kappa shape index (κ3) is 4.66. The molecular weight excluding hydrogens is 368 g/mol. The molecule has 2 heterocycles. The van der Waals surface area contributed by atoms with Gasteiger partial charge in [-0.25, -0.2) is 0 Å². The lowest BCUT2D eigenvalue weighted by atomic mass is 10.1. The molecule has 1 atom stereocenters. The van der Waals surface area contributed by atoms with Gasteiger partial charge in [-0.1, -0.05) is 6.07 Å². The first kappa shape index (κ1) is 20.0. The molecule has 0 spiro atoms. The number of ether oxygens (including phenoxy) is 1. The zero-order valence-corrected chi connectivity index (χ0v) is 17.5. The van der Waals surface area contributed by atoms with Gasteiger partial charge in [-0.15, -0.1) is 0 Å². The third-order valence-corrected chi connectivity index (χ3v) is 6.33. The monoisotopic (exact) mass is 400 g/mol. The molecule has 2 amide bonds. The molecule has 1 saturated carbocycles. The number of hydrogen-bond acceptors (Lipinski definition) is 5. The summed E-state index contributed by atoms with van der Waals surface area (Å²) >= 11 is 0. The second kappa shape index (κ2) is 8.61. The number of hydrogen-bond donors (Lipinski definition) is 0. The number of amides is 2. The van der Waals surface area contributed by atoms with E-state index in [0.717, 1.165) is 38.2 Å². The molecule has 0 bridgehead atoms. The van der Waals surface area contributed by atoms with Crippen molar-refractivity contribution < 1.29 is 14.3 Å². The average molecular weight is 401 g/mol. The van der Waals surface area contributed by atoms with E-state index in [1.807, 2.05) is 21.9 Å². The molecule has 1 aromatic rings. The maximum atomic E-state index is 12.8. The minimum absolute atomic E-state index is 0.186. The molecule has 3 aliphatic rings. The lowest BCUT2D eigenvalue weighted by molar-refractivity contribution is -0.141. The van der Waals surface area contributed by atoms with Crippen molar-refractivity contribution in [2.24, 2.45) is 5.92 Å². The van der Waals surface area contributed by atoms with Crippen molar-refractivity contribution in [1.29, 1.82) is 0 Å². The molecular formula is C22H32N4O3. The summed E-state index contributed by atoms with van der Waals surface area (Å²) in [5.74, 6) is 1.61. The largest absolute Gasteiger partial charge is 0.497 e. The molecule has 1 aliphatic carbocycles. The van der Waals surface area contributed by atoms with Crippen molar-refractivity contribution in [2.75, 3.05) is 64.4 Å². The molecule has 0 N–H and O–H groups in total. The predicted octanol–water partition coefficient (Wildman–Crippen LogP) is 1.29. The van der Waals surface area contributed by atoms with E-state index < -0.39 is 0 Å². The van der Waals surface area contributed by atoms with E-state index in [-0.39, 0.29) is 11.8 Å². The van der Waals surface area contributed by atoms with Gasteiger partial charge in [0, 0.05) is 69.5 Å². The Hall–Kier alpha value is -2.28. The smallest absolute Gasteiger partial charge is 0.236 e. The summed E-state index contributed by atoms with van der Waals surface area (Å²) in [5.41, 5.74) is 1.17. The van der Waals surface area contributed by atoms with Crippen LogP contribution in [0.1, 0.15) is 19.8 Å². The maximum Gasteiger partial charge on any atom is 0.236 e. The van der Waals surface area contributed by atoms with E-state index >= 15 is 0 Å². The van der Waals surface area contributed by atoms with Crippen LogP contribution in [0.15, 0.2) is 24.3 Å². The topological polar surface area (TPSA) is 56.3 Å². The van der Waals surface area contributed by atoms with Crippen LogP contribution in [-0.2, 0) is 9.59 Å². The summed E-state index contributed by atoms with van der Waals surface area (Å²) in [6.45, 7) is 7.99. The Kier molecular flexibility index (Phi) is 5.94.